The Labute approximate surface area is 149 Å². The Morgan fingerprint density at radius 2 is 2.16 bits per heavy atom. The monoisotopic (exact) mass is 343 g/mol. The highest BCUT2D eigenvalue weighted by Gasteiger charge is 2.27. The summed E-state index contributed by atoms with van der Waals surface area (Å²) in [6.45, 7) is 7.18. The molecule has 3 rings (SSSR count). The van der Waals surface area contributed by atoms with E-state index in [0.29, 0.717) is 12.8 Å². The predicted molar refractivity (Wildman–Crippen MR) is 97.2 cm³/mol. The highest BCUT2D eigenvalue weighted by atomic mass is 16.1. The molecule has 1 aliphatic carbocycles. The second-order valence-corrected chi connectivity index (χ2v) is 8.08. The number of nitrogens with one attached hydrogen (secondary N) is 2. The van der Waals surface area contributed by atoms with E-state index in [2.05, 4.69) is 41.3 Å². The number of hydrogen-bond donors (Lipinski definition) is 2. The molecule has 0 fully saturated rings. The number of fused-ring (bicyclic) bond motifs is 1. The van der Waals surface area contributed by atoms with Crippen LogP contribution in [0.4, 0.5) is 0 Å². The van der Waals surface area contributed by atoms with E-state index >= 15 is 0 Å². The molecule has 0 bridgehead atoms. The Bertz CT molecular complexity index is 696. The quantitative estimate of drug-likeness (QED) is 0.846. The molecule has 2 aromatic rings. The van der Waals surface area contributed by atoms with Crippen LogP contribution in [0.3, 0.4) is 0 Å². The van der Waals surface area contributed by atoms with Crippen molar-refractivity contribution in [3.05, 3.63) is 35.7 Å². The zero-order valence-electron chi connectivity index (χ0n) is 15.5. The molecule has 0 aromatic carbocycles. The van der Waals surface area contributed by atoms with Gasteiger partial charge in [0.2, 0.25) is 5.91 Å². The molecule has 1 atom stereocenters. The maximum absolute atomic E-state index is 12.5. The van der Waals surface area contributed by atoms with Crippen molar-refractivity contribution in [1.29, 1.82) is 0 Å². The Morgan fingerprint density at radius 3 is 2.88 bits per heavy atom. The van der Waals surface area contributed by atoms with Crippen molar-refractivity contribution in [2.45, 2.75) is 71.9 Å². The molecule has 0 saturated carbocycles. The van der Waals surface area contributed by atoms with Gasteiger partial charge in [-0.15, -0.1) is 0 Å². The van der Waals surface area contributed by atoms with Gasteiger partial charge in [0.15, 0.2) is 0 Å². The number of aromatic amines is 1. The fourth-order valence-electron chi connectivity index (χ4n) is 3.40. The summed E-state index contributed by atoms with van der Waals surface area (Å²) in [4.78, 5) is 16.6. The highest BCUT2D eigenvalue weighted by Crippen LogP contribution is 2.23. The SMILES string of the molecule is CC(C)(C)C(Cn1ccnc1)NC(=O)CCc1n[nH]c2c1CCCC2. The molecule has 1 unspecified atom stereocenters. The van der Waals surface area contributed by atoms with E-state index in [1.54, 1.807) is 12.5 Å². The summed E-state index contributed by atoms with van der Waals surface area (Å²) in [7, 11) is 0. The molecule has 0 saturated heterocycles. The van der Waals surface area contributed by atoms with E-state index in [9.17, 15) is 4.79 Å². The van der Waals surface area contributed by atoms with Gasteiger partial charge >= 0.3 is 0 Å². The van der Waals surface area contributed by atoms with Crippen LogP contribution in [0.15, 0.2) is 18.7 Å². The normalized spacial score (nSPS) is 15.6. The number of aromatic nitrogens is 4. The highest BCUT2D eigenvalue weighted by molar-refractivity contribution is 5.76. The molecule has 0 aliphatic heterocycles. The number of aryl methyl sites for hydroxylation is 2. The number of H-pyrrole nitrogens is 1. The molecule has 0 radical (unpaired) electrons. The van der Waals surface area contributed by atoms with Gasteiger partial charge in [-0.25, -0.2) is 4.98 Å². The fourth-order valence-corrected chi connectivity index (χ4v) is 3.40. The standard InChI is InChI=1S/C19H29N5O/c1-19(2,3)17(12-24-11-10-20-13-24)21-18(25)9-8-16-14-6-4-5-7-15(14)22-23-16/h10-11,13,17H,4-9,12H2,1-3H3,(H,21,25)(H,22,23). The summed E-state index contributed by atoms with van der Waals surface area (Å²) in [5.74, 6) is 0.0904. The topological polar surface area (TPSA) is 75.6 Å². The van der Waals surface area contributed by atoms with Crippen LogP contribution < -0.4 is 5.32 Å². The maximum Gasteiger partial charge on any atom is 0.220 e. The molecule has 6 heteroatoms. The van der Waals surface area contributed by atoms with Crippen LogP contribution in [0.25, 0.3) is 0 Å². The van der Waals surface area contributed by atoms with E-state index in [1.165, 1.54) is 24.1 Å². The summed E-state index contributed by atoms with van der Waals surface area (Å²) in [5, 5.41) is 10.8. The van der Waals surface area contributed by atoms with Gasteiger partial charge in [-0.05, 0) is 36.7 Å². The van der Waals surface area contributed by atoms with Gasteiger partial charge < -0.3 is 9.88 Å². The van der Waals surface area contributed by atoms with Gasteiger partial charge in [-0.3, -0.25) is 9.89 Å². The summed E-state index contributed by atoms with van der Waals surface area (Å²) >= 11 is 0. The van der Waals surface area contributed by atoms with Crippen LogP contribution in [-0.2, 0) is 30.6 Å². The van der Waals surface area contributed by atoms with Gasteiger partial charge in [0.25, 0.3) is 0 Å². The molecule has 2 aromatic heterocycles. The number of nitrogens with zero attached hydrogens (tertiary/aromatic N) is 3. The first kappa shape index (κ1) is 17.7. The van der Waals surface area contributed by atoms with Crippen molar-refractivity contribution in [3.63, 3.8) is 0 Å². The lowest BCUT2D eigenvalue weighted by Gasteiger charge is -2.31. The van der Waals surface area contributed by atoms with Crippen molar-refractivity contribution < 1.29 is 4.79 Å². The molecule has 0 spiro atoms. The van der Waals surface area contributed by atoms with Crippen molar-refractivity contribution in [3.8, 4) is 0 Å². The largest absolute Gasteiger partial charge is 0.351 e. The minimum atomic E-state index is -0.0224. The Hall–Kier alpha value is -2.11. The minimum absolute atomic E-state index is 0.0224. The summed E-state index contributed by atoms with van der Waals surface area (Å²) < 4.78 is 2.01. The van der Waals surface area contributed by atoms with Gasteiger partial charge in [-0.1, -0.05) is 20.8 Å². The molecule has 2 heterocycles. The van der Waals surface area contributed by atoms with Crippen LogP contribution in [0.1, 0.15) is 57.0 Å². The molecule has 2 N–H and O–H groups in total. The van der Waals surface area contributed by atoms with Crippen molar-refractivity contribution in [2.24, 2.45) is 5.41 Å². The molecule has 6 nitrogen and oxygen atoms in total. The van der Waals surface area contributed by atoms with Gasteiger partial charge in [0, 0.05) is 37.5 Å². The number of carbonyl (C=O) groups is 1. The molecule has 1 aliphatic rings. The average Bonchev–Trinajstić information content (AvgIpc) is 3.21. The van der Waals surface area contributed by atoms with E-state index in [-0.39, 0.29) is 17.4 Å². The maximum atomic E-state index is 12.5. The van der Waals surface area contributed by atoms with E-state index in [0.717, 1.165) is 25.1 Å². The third-order valence-corrected chi connectivity index (χ3v) is 5.06. The summed E-state index contributed by atoms with van der Waals surface area (Å²) in [5.41, 5.74) is 3.68. The predicted octanol–water partition coefficient (Wildman–Crippen LogP) is 2.65. The first-order chi connectivity index (χ1) is 11.9. The third kappa shape index (κ3) is 4.50. The molecule has 136 valence electrons. The summed E-state index contributed by atoms with van der Waals surface area (Å²) in [6.07, 6.45) is 11.3. The summed E-state index contributed by atoms with van der Waals surface area (Å²) in [6, 6.07) is 0.0577. The lowest BCUT2D eigenvalue weighted by atomic mass is 9.86. The van der Waals surface area contributed by atoms with Gasteiger partial charge in [-0.2, -0.15) is 5.10 Å². The number of hydrogen-bond acceptors (Lipinski definition) is 3. The second kappa shape index (κ2) is 7.42. The van der Waals surface area contributed by atoms with Gasteiger partial charge in [0.1, 0.15) is 0 Å². The van der Waals surface area contributed by atoms with Crippen molar-refractivity contribution in [2.75, 3.05) is 0 Å². The zero-order chi connectivity index (χ0) is 17.9. The number of rotatable bonds is 6. The molecular weight excluding hydrogens is 314 g/mol. The Kier molecular flexibility index (Phi) is 5.25. The number of carbonyl (C=O) groups excluding carboxylic acids is 1. The first-order valence-corrected chi connectivity index (χ1v) is 9.23. The first-order valence-electron chi connectivity index (χ1n) is 9.23. The van der Waals surface area contributed by atoms with Crippen LogP contribution in [0.2, 0.25) is 0 Å². The van der Waals surface area contributed by atoms with Crippen LogP contribution in [0, 0.1) is 5.41 Å². The second-order valence-electron chi connectivity index (χ2n) is 8.08. The van der Waals surface area contributed by atoms with E-state index in [1.807, 2.05) is 10.8 Å². The van der Waals surface area contributed by atoms with Crippen LogP contribution in [0.5, 0.6) is 0 Å². The fraction of sp³-hybridized carbons (Fsp3) is 0.632. The van der Waals surface area contributed by atoms with E-state index in [4.69, 9.17) is 0 Å². The Balaban J connectivity index is 1.57. The number of imidazole rings is 1. The van der Waals surface area contributed by atoms with Gasteiger partial charge in [0.05, 0.1) is 18.1 Å². The zero-order valence-corrected chi connectivity index (χ0v) is 15.5. The average molecular weight is 343 g/mol. The van der Waals surface area contributed by atoms with E-state index < -0.39 is 0 Å². The van der Waals surface area contributed by atoms with Crippen molar-refractivity contribution in [1.82, 2.24) is 25.1 Å². The minimum Gasteiger partial charge on any atom is -0.351 e. The lowest BCUT2D eigenvalue weighted by Crippen LogP contribution is -2.46. The molecule has 1 amide bonds. The van der Waals surface area contributed by atoms with Crippen molar-refractivity contribution >= 4 is 5.91 Å². The lowest BCUT2D eigenvalue weighted by molar-refractivity contribution is -0.122. The molecule has 25 heavy (non-hydrogen) atoms. The smallest absolute Gasteiger partial charge is 0.220 e. The molecular formula is C19H29N5O. The van der Waals surface area contributed by atoms with Crippen LogP contribution >= 0.6 is 0 Å². The Morgan fingerprint density at radius 1 is 1.36 bits per heavy atom. The number of amides is 1. The van der Waals surface area contributed by atoms with Crippen LogP contribution in [-0.4, -0.2) is 31.7 Å². The third-order valence-electron chi connectivity index (χ3n) is 5.06.